The van der Waals surface area contributed by atoms with E-state index in [0.29, 0.717) is 23.6 Å². The first-order chi connectivity index (χ1) is 17.8. The average molecular weight is 541 g/mol. The number of thioether (sulfide) groups is 1. The van der Waals surface area contributed by atoms with E-state index in [1.54, 1.807) is 17.0 Å². The molecule has 0 saturated carbocycles. The molecule has 0 spiro atoms. The summed E-state index contributed by atoms with van der Waals surface area (Å²) in [5.74, 6) is -0.390. The Balaban J connectivity index is 1.89. The predicted molar refractivity (Wildman–Crippen MR) is 151 cm³/mol. The monoisotopic (exact) mass is 540 g/mol. The molecule has 4 nitrogen and oxygen atoms in total. The summed E-state index contributed by atoms with van der Waals surface area (Å²) in [7, 11) is 0. The second-order valence-electron chi connectivity index (χ2n) is 9.16. The summed E-state index contributed by atoms with van der Waals surface area (Å²) in [6.45, 7) is 6.27. The Morgan fingerprint density at radius 1 is 1.03 bits per heavy atom. The van der Waals surface area contributed by atoms with Gasteiger partial charge in [-0.15, -0.1) is 11.8 Å². The molecule has 3 aromatic carbocycles. The number of amides is 2. The molecule has 0 aliphatic heterocycles. The highest BCUT2D eigenvalue weighted by atomic mass is 35.5. The fourth-order valence-corrected chi connectivity index (χ4v) is 5.21. The SMILES string of the molecule is CC[C@H](C)NC(=O)[C@H](Cc1ccccc1)N(Cc1ccccc1C)C(=O)CSCc1c(F)cccc1Cl. The molecule has 2 amide bonds. The fraction of sp³-hybridized carbons (Fsp3) is 0.333. The van der Waals surface area contributed by atoms with Crippen molar-refractivity contribution in [2.45, 2.75) is 58.0 Å². The van der Waals surface area contributed by atoms with Gasteiger partial charge in [-0.05, 0) is 49.1 Å². The van der Waals surface area contributed by atoms with E-state index in [1.807, 2.05) is 75.4 Å². The van der Waals surface area contributed by atoms with Crippen LogP contribution in [0.3, 0.4) is 0 Å². The Morgan fingerprint density at radius 3 is 2.41 bits per heavy atom. The summed E-state index contributed by atoms with van der Waals surface area (Å²) in [5, 5.41) is 3.42. The number of hydrogen-bond donors (Lipinski definition) is 1. The molecule has 1 N–H and O–H groups in total. The minimum Gasteiger partial charge on any atom is -0.352 e. The average Bonchev–Trinajstić information content (AvgIpc) is 2.89. The lowest BCUT2D eigenvalue weighted by Gasteiger charge is -2.32. The molecule has 0 unspecified atom stereocenters. The Labute approximate surface area is 228 Å². The van der Waals surface area contributed by atoms with Crippen molar-refractivity contribution in [2.75, 3.05) is 5.75 Å². The van der Waals surface area contributed by atoms with Gasteiger partial charge >= 0.3 is 0 Å². The van der Waals surface area contributed by atoms with Gasteiger partial charge in [0.2, 0.25) is 11.8 Å². The molecule has 0 fully saturated rings. The van der Waals surface area contributed by atoms with Gasteiger partial charge in [-0.2, -0.15) is 0 Å². The largest absolute Gasteiger partial charge is 0.352 e. The summed E-state index contributed by atoms with van der Waals surface area (Å²) in [6.07, 6.45) is 1.18. The van der Waals surface area contributed by atoms with Gasteiger partial charge in [0.15, 0.2) is 0 Å². The maximum absolute atomic E-state index is 14.3. The molecule has 2 atom stereocenters. The number of rotatable bonds is 12. The first-order valence-electron chi connectivity index (χ1n) is 12.5. The Bertz CT molecular complexity index is 1170. The normalized spacial score (nSPS) is 12.6. The molecule has 3 aromatic rings. The van der Waals surface area contributed by atoms with E-state index in [4.69, 9.17) is 11.6 Å². The highest BCUT2D eigenvalue weighted by Gasteiger charge is 2.31. The summed E-state index contributed by atoms with van der Waals surface area (Å²) in [5.41, 5.74) is 3.38. The molecule has 0 aliphatic rings. The van der Waals surface area contributed by atoms with E-state index in [9.17, 15) is 14.0 Å². The molecule has 196 valence electrons. The number of hydrogen-bond acceptors (Lipinski definition) is 3. The van der Waals surface area contributed by atoms with E-state index < -0.39 is 6.04 Å². The van der Waals surface area contributed by atoms with Gasteiger partial charge in [0.25, 0.3) is 0 Å². The number of halogens is 2. The van der Waals surface area contributed by atoms with Crippen molar-refractivity contribution in [1.82, 2.24) is 10.2 Å². The van der Waals surface area contributed by atoms with Crippen LogP contribution in [0, 0.1) is 12.7 Å². The zero-order chi connectivity index (χ0) is 26.8. The summed E-state index contributed by atoms with van der Waals surface area (Å²) < 4.78 is 14.3. The van der Waals surface area contributed by atoms with Gasteiger partial charge in [-0.3, -0.25) is 9.59 Å². The van der Waals surface area contributed by atoms with E-state index in [2.05, 4.69) is 5.32 Å². The maximum Gasteiger partial charge on any atom is 0.243 e. The van der Waals surface area contributed by atoms with Gasteiger partial charge in [0.05, 0.1) is 5.75 Å². The first kappa shape index (κ1) is 28.7. The van der Waals surface area contributed by atoms with Crippen LogP contribution >= 0.6 is 23.4 Å². The minimum absolute atomic E-state index is 0.0150. The smallest absolute Gasteiger partial charge is 0.243 e. The molecular weight excluding hydrogens is 507 g/mol. The maximum atomic E-state index is 14.3. The van der Waals surface area contributed by atoms with Crippen LogP contribution in [0.15, 0.2) is 72.8 Å². The highest BCUT2D eigenvalue weighted by molar-refractivity contribution is 7.99. The molecule has 0 heterocycles. The van der Waals surface area contributed by atoms with Crippen LogP contribution < -0.4 is 5.32 Å². The predicted octanol–water partition coefficient (Wildman–Crippen LogP) is 6.58. The molecule has 37 heavy (non-hydrogen) atoms. The number of carbonyl (C=O) groups is 2. The topological polar surface area (TPSA) is 49.4 Å². The lowest BCUT2D eigenvalue weighted by atomic mass is 10.0. The summed E-state index contributed by atoms with van der Waals surface area (Å²) >= 11 is 7.47. The molecule has 0 saturated heterocycles. The van der Waals surface area contributed by atoms with Gasteiger partial charge < -0.3 is 10.2 Å². The number of nitrogens with one attached hydrogen (secondary N) is 1. The second-order valence-corrected chi connectivity index (χ2v) is 10.6. The lowest BCUT2D eigenvalue weighted by Crippen LogP contribution is -2.52. The van der Waals surface area contributed by atoms with Gasteiger partial charge in [-0.1, -0.05) is 79.2 Å². The van der Waals surface area contributed by atoms with E-state index in [1.165, 1.54) is 17.8 Å². The van der Waals surface area contributed by atoms with Crippen LogP contribution in [0.1, 0.15) is 42.5 Å². The number of nitrogens with zero attached hydrogens (tertiary/aromatic N) is 1. The fourth-order valence-electron chi connectivity index (χ4n) is 3.96. The summed E-state index contributed by atoms with van der Waals surface area (Å²) in [4.78, 5) is 28.9. The van der Waals surface area contributed by atoms with Gasteiger partial charge in [0.1, 0.15) is 11.9 Å². The molecule has 3 rings (SSSR count). The number of aryl methyl sites for hydroxylation is 1. The van der Waals surface area contributed by atoms with Crippen LogP contribution in [0.5, 0.6) is 0 Å². The lowest BCUT2D eigenvalue weighted by molar-refractivity contribution is -0.139. The van der Waals surface area contributed by atoms with Crippen LogP contribution in [-0.4, -0.2) is 34.6 Å². The van der Waals surface area contributed by atoms with Crippen molar-refractivity contribution in [3.63, 3.8) is 0 Å². The van der Waals surface area contributed by atoms with E-state index in [-0.39, 0.29) is 35.2 Å². The molecule has 0 aliphatic carbocycles. The van der Waals surface area contributed by atoms with Crippen LogP contribution in [0.4, 0.5) is 4.39 Å². The van der Waals surface area contributed by atoms with E-state index in [0.717, 1.165) is 23.1 Å². The van der Waals surface area contributed by atoms with Crippen LogP contribution in [0.2, 0.25) is 5.02 Å². The third-order valence-corrected chi connectivity index (χ3v) is 7.71. The minimum atomic E-state index is -0.693. The zero-order valence-electron chi connectivity index (χ0n) is 21.5. The third kappa shape index (κ3) is 8.34. The molecule has 7 heteroatoms. The summed E-state index contributed by atoms with van der Waals surface area (Å²) in [6, 6.07) is 21.5. The Hall–Kier alpha value is -2.83. The van der Waals surface area contributed by atoms with Crippen LogP contribution in [-0.2, 0) is 28.3 Å². The van der Waals surface area contributed by atoms with Crippen molar-refractivity contribution < 1.29 is 14.0 Å². The zero-order valence-corrected chi connectivity index (χ0v) is 23.1. The second kappa shape index (κ2) is 14.2. The van der Waals surface area contributed by atoms with Crippen LogP contribution in [0.25, 0.3) is 0 Å². The van der Waals surface area contributed by atoms with Gasteiger partial charge in [0, 0.05) is 35.3 Å². The van der Waals surface area contributed by atoms with Crippen molar-refractivity contribution in [1.29, 1.82) is 0 Å². The molecule has 0 bridgehead atoms. The Morgan fingerprint density at radius 2 is 1.73 bits per heavy atom. The quantitative estimate of drug-likeness (QED) is 0.282. The number of carbonyl (C=O) groups excluding carboxylic acids is 2. The molecule has 0 radical (unpaired) electrons. The van der Waals surface area contributed by atoms with Crippen molar-refractivity contribution in [3.05, 3.63) is 106 Å². The van der Waals surface area contributed by atoms with E-state index >= 15 is 0 Å². The third-order valence-electron chi connectivity index (χ3n) is 6.41. The van der Waals surface area contributed by atoms with Crippen molar-refractivity contribution >= 4 is 35.2 Å². The van der Waals surface area contributed by atoms with Crippen molar-refractivity contribution in [2.24, 2.45) is 0 Å². The molecule has 0 aromatic heterocycles. The number of benzene rings is 3. The molecular formula is C30H34ClFN2O2S. The van der Waals surface area contributed by atoms with Crippen molar-refractivity contribution in [3.8, 4) is 0 Å². The standard InChI is InChI=1S/C30H34ClFN2O2S/c1-4-22(3)33-30(36)28(17-23-12-6-5-7-13-23)34(18-24-14-9-8-11-21(24)2)29(35)20-37-19-25-26(31)15-10-16-27(25)32/h5-16,22,28H,4,17-20H2,1-3H3,(H,33,36)/t22-,28-/m0/s1. The first-order valence-corrected chi connectivity index (χ1v) is 14.0. The highest BCUT2D eigenvalue weighted by Crippen LogP contribution is 2.25. The van der Waals surface area contributed by atoms with Gasteiger partial charge in [-0.25, -0.2) is 4.39 Å². The Kier molecular flexibility index (Phi) is 11.0.